The van der Waals surface area contributed by atoms with Crippen LogP contribution in [0.15, 0.2) is 6.07 Å². The average Bonchev–Trinajstić information content (AvgIpc) is 2.33. The highest BCUT2D eigenvalue weighted by Crippen LogP contribution is 2.06. The molecule has 0 fully saturated rings. The van der Waals surface area contributed by atoms with Crippen molar-refractivity contribution in [3.05, 3.63) is 23.0 Å². The van der Waals surface area contributed by atoms with E-state index in [0.717, 1.165) is 0 Å². The minimum absolute atomic E-state index is 0.0830. The van der Waals surface area contributed by atoms with Crippen molar-refractivity contribution < 1.29 is 9.53 Å². The topological polar surface area (TPSA) is 90.1 Å². The maximum Gasteiger partial charge on any atom is 0.253 e. The highest BCUT2D eigenvalue weighted by Gasteiger charge is 2.15. The van der Waals surface area contributed by atoms with Crippen LogP contribution in [0.4, 0.5) is 0 Å². The van der Waals surface area contributed by atoms with Crippen molar-refractivity contribution in [1.29, 1.82) is 0 Å². The summed E-state index contributed by atoms with van der Waals surface area (Å²) in [5.41, 5.74) is 7.37. The summed E-state index contributed by atoms with van der Waals surface area (Å²) in [5.74, 6) is -0.166. The van der Waals surface area contributed by atoms with Crippen LogP contribution in [-0.2, 0) is 4.74 Å². The Bertz CT molecular complexity index is 403. The van der Waals surface area contributed by atoms with E-state index in [1.807, 2.05) is 0 Å². The first-order valence-electron chi connectivity index (χ1n) is 5.89. The van der Waals surface area contributed by atoms with Gasteiger partial charge in [-0.2, -0.15) is 10.2 Å². The Morgan fingerprint density at radius 3 is 2.83 bits per heavy atom. The molecule has 0 saturated carbocycles. The lowest BCUT2D eigenvalue weighted by atomic mass is 10.1. The number of hydrogen-bond acceptors (Lipinski definition) is 5. The number of methoxy groups -OCH3 is 1. The van der Waals surface area contributed by atoms with Gasteiger partial charge in [-0.05, 0) is 32.9 Å². The zero-order chi connectivity index (χ0) is 13.5. The number of amides is 1. The third-order valence-corrected chi connectivity index (χ3v) is 2.56. The summed E-state index contributed by atoms with van der Waals surface area (Å²) in [5, 5.41) is 10.7. The van der Waals surface area contributed by atoms with Gasteiger partial charge in [-0.3, -0.25) is 4.79 Å². The van der Waals surface area contributed by atoms with Gasteiger partial charge in [-0.1, -0.05) is 0 Å². The minimum Gasteiger partial charge on any atom is -0.383 e. The second kappa shape index (κ2) is 7.03. The Kier molecular flexibility index (Phi) is 5.67. The van der Waals surface area contributed by atoms with Gasteiger partial charge in [0.15, 0.2) is 0 Å². The summed E-state index contributed by atoms with van der Waals surface area (Å²) >= 11 is 0. The third kappa shape index (κ3) is 4.05. The Labute approximate surface area is 107 Å². The summed E-state index contributed by atoms with van der Waals surface area (Å²) in [4.78, 5) is 12.1. The van der Waals surface area contributed by atoms with Crippen LogP contribution in [0.2, 0.25) is 0 Å². The molecule has 0 bridgehead atoms. The number of rotatable bonds is 6. The molecular weight excluding hydrogens is 232 g/mol. The maximum absolute atomic E-state index is 12.1. The zero-order valence-corrected chi connectivity index (χ0v) is 11.1. The summed E-state index contributed by atoms with van der Waals surface area (Å²) in [6.07, 6.45) is 0.677. The predicted molar refractivity (Wildman–Crippen MR) is 68.3 cm³/mol. The molecule has 1 aromatic heterocycles. The quantitative estimate of drug-likeness (QED) is 0.754. The molecule has 0 aromatic carbocycles. The van der Waals surface area contributed by atoms with Crippen LogP contribution < -0.4 is 11.1 Å². The number of aryl methyl sites for hydroxylation is 2. The standard InChI is InChI=1S/C12H20N4O2/c1-8-6-11(9(2)16-15-8)12(17)14-10(4-5-13)7-18-3/h6,10H,4-5,7,13H2,1-3H3,(H,14,17). The maximum atomic E-state index is 12.1. The normalized spacial score (nSPS) is 12.2. The Hall–Kier alpha value is -1.53. The molecule has 1 unspecified atom stereocenters. The van der Waals surface area contributed by atoms with Crippen molar-refractivity contribution >= 4 is 5.91 Å². The largest absolute Gasteiger partial charge is 0.383 e. The van der Waals surface area contributed by atoms with E-state index in [4.69, 9.17) is 10.5 Å². The first-order chi connectivity index (χ1) is 8.58. The van der Waals surface area contributed by atoms with E-state index >= 15 is 0 Å². The van der Waals surface area contributed by atoms with Gasteiger partial charge in [0, 0.05) is 7.11 Å². The molecule has 0 radical (unpaired) electrons. The number of nitrogens with one attached hydrogen (secondary N) is 1. The van der Waals surface area contributed by atoms with Gasteiger partial charge in [0.05, 0.1) is 29.6 Å². The smallest absolute Gasteiger partial charge is 0.253 e. The lowest BCUT2D eigenvalue weighted by molar-refractivity contribution is 0.0892. The molecule has 18 heavy (non-hydrogen) atoms. The van der Waals surface area contributed by atoms with Crippen molar-refractivity contribution in [2.75, 3.05) is 20.3 Å². The molecular formula is C12H20N4O2. The number of nitrogens with zero attached hydrogens (tertiary/aromatic N) is 2. The van der Waals surface area contributed by atoms with E-state index in [2.05, 4.69) is 15.5 Å². The molecule has 1 heterocycles. The fourth-order valence-corrected chi connectivity index (χ4v) is 1.64. The highest BCUT2D eigenvalue weighted by molar-refractivity contribution is 5.95. The molecule has 0 aliphatic carbocycles. The van der Waals surface area contributed by atoms with E-state index < -0.39 is 0 Å². The summed E-state index contributed by atoms with van der Waals surface area (Å²) in [7, 11) is 1.60. The zero-order valence-electron chi connectivity index (χ0n) is 11.1. The van der Waals surface area contributed by atoms with Crippen LogP contribution in [-0.4, -0.2) is 42.4 Å². The molecule has 0 saturated heterocycles. The summed E-state index contributed by atoms with van der Waals surface area (Å²) in [6, 6.07) is 1.64. The van der Waals surface area contributed by atoms with Crippen LogP contribution in [0.3, 0.4) is 0 Å². The summed E-state index contributed by atoms with van der Waals surface area (Å²) in [6.45, 7) is 4.51. The van der Waals surface area contributed by atoms with Crippen molar-refractivity contribution in [2.24, 2.45) is 5.73 Å². The highest BCUT2D eigenvalue weighted by atomic mass is 16.5. The average molecular weight is 252 g/mol. The molecule has 6 nitrogen and oxygen atoms in total. The van der Waals surface area contributed by atoms with Gasteiger partial charge < -0.3 is 15.8 Å². The molecule has 1 amide bonds. The Morgan fingerprint density at radius 1 is 1.50 bits per heavy atom. The molecule has 1 aromatic rings. The fourth-order valence-electron chi connectivity index (χ4n) is 1.64. The van der Waals surface area contributed by atoms with Crippen LogP contribution >= 0.6 is 0 Å². The summed E-state index contributed by atoms with van der Waals surface area (Å²) < 4.78 is 5.05. The molecule has 0 aliphatic heterocycles. The predicted octanol–water partition coefficient (Wildman–Crippen LogP) is 0.187. The second-order valence-electron chi connectivity index (χ2n) is 4.19. The number of ether oxygens (including phenoxy) is 1. The molecule has 0 spiro atoms. The van der Waals surface area contributed by atoms with Gasteiger partial charge >= 0.3 is 0 Å². The molecule has 6 heteroatoms. The molecule has 1 rings (SSSR count). The number of hydrogen-bond donors (Lipinski definition) is 2. The Morgan fingerprint density at radius 2 is 2.22 bits per heavy atom. The van der Waals surface area contributed by atoms with Crippen molar-refractivity contribution in [3.8, 4) is 0 Å². The van der Waals surface area contributed by atoms with E-state index in [1.165, 1.54) is 0 Å². The fraction of sp³-hybridized carbons (Fsp3) is 0.583. The van der Waals surface area contributed by atoms with Gasteiger partial charge in [0.2, 0.25) is 0 Å². The molecule has 3 N–H and O–H groups in total. The second-order valence-corrected chi connectivity index (χ2v) is 4.19. The molecule has 0 aliphatic rings. The van der Waals surface area contributed by atoms with Crippen molar-refractivity contribution in [3.63, 3.8) is 0 Å². The van der Waals surface area contributed by atoms with E-state index in [0.29, 0.717) is 36.5 Å². The first-order valence-corrected chi connectivity index (χ1v) is 5.89. The van der Waals surface area contributed by atoms with Crippen LogP contribution in [0, 0.1) is 13.8 Å². The lowest BCUT2D eigenvalue weighted by Crippen LogP contribution is -2.39. The van der Waals surface area contributed by atoms with E-state index in [-0.39, 0.29) is 11.9 Å². The molecule has 1 atom stereocenters. The number of aromatic nitrogens is 2. The minimum atomic E-state index is -0.166. The van der Waals surface area contributed by atoms with E-state index in [9.17, 15) is 4.79 Å². The van der Waals surface area contributed by atoms with Gasteiger partial charge in [0.25, 0.3) is 5.91 Å². The van der Waals surface area contributed by atoms with Gasteiger partial charge in [-0.25, -0.2) is 0 Å². The van der Waals surface area contributed by atoms with E-state index in [1.54, 1.807) is 27.0 Å². The number of carbonyl (C=O) groups excluding carboxylic acids is 1. The van der Waals surface area contributed by atoms with Crippen LogP contribution in [0.1, 0.15) is 28.2 Å². The van der Waals surface area contributed by atoms with Crippen LogP contribution in [0.5, 0.6) is 0 Å². The Balaban J connectivity index is 2.76. The first kappa shape index (κ1) is 14.5. The number of carbonyl (C=O) groups is 1. The monoisotopic (exact) mass is 252 g/mol. The lowest BCUT2D eigenvalue weighted by Gasteiger charge is -2.17. The third-order valence-electron chi connectivity index (χ3n) is 2.56. The molecule has 100 valence electrons. The number of nitrogens with two attached hydrogens (primary N) is 1. The van der Waals surface area contributed by atoms with Gasteiger partial charge in [-0.15, -0.1) is 0 Å². The SMILES string of the molecule is COCC(CCN)NC(=O)c1cc(C)nnc1C. The van der Waals surface area contributed by atoms with Crippen molar-refractivity contribution in [1.82, 2.24) is 15.5 Å². The van der Waals surface area contributed by atoms with Crippen molar-refractivity contribution in [2.45, 2.75) is 26.3 Å². The van der Waals surface area contributed by atoms with Gasteiger partial charge in [0.1, 0.15) is 0 Å². The van der Waals surface area contributed by atoms with Crippen LogP contribution in [0.25, 0.3) is 0 Å².